The van der Waals surface area contributed by atoms with E-state index in [1.165, 1.54) is 6.08 Å². The Kier molecular flexibility index (Phi) is 7.50. The van der Waals surface area contributed by atoms with Crippen LogP contribution < -0.4 is 19.5 Å². The van der Waals surface area contributed by atoms with E-state index in [9.17, 15) is 4.79 Å². The average molecular weight is 403 g/mol. The Morgan fingerprint density at radius 2 is 1.70 bits per heavy atom. The fourth-order valence-corrected chi connectivity index (χ4v) is 2.79. The van der Waals surface area contributed by atoms with E-state index in [0.29, 0.717) is 30.4 Å². The third-order valence-electron chi connectivity index (χ3n) is 4.28. The van der Waals surface area contributed by atoms with Gasteiger partial charge >= 0.3 is 0 Å². The fourth-order valence-electron chi connectivity index (χ4n) is 2.79. The summed E-state index contributed by atoms with van der Waals surface area (Å²) in [5.41, 5.74) is 2.64. The molecular weight excluding hydrogens is 378 g/mol. The molecular formula is C25H25NO4. The van der Waals surface area contributed by atoms with Crippen LogP contribution in [0.2, 0.25) is 0 Å². The molecule has 30 heavy (non-hydrogen) atoms. The zero-order chi connectivity index (χ0) is 21.2. The second kappa shape index (κ2) is 10.7. The van der Waals surface area contributed by atoms with Gasteiger partial charge in [0.05, 0.1) is 13.7 Å². The van der Waals surface area contributed by atoms with Gasteiger partial charge in [0.2, 0.25) is 5.91 Å². The summed E-state index contributed by atoms with van der Waals surface area (Å²) in [6, 6.07) is 22.8. The number of carbonyl (C=O) groups is 1. The molecule has 154 valence electrons. The van der Waals surface area contributed by atoms with Gasteiger partial charge < -0.3 is 19.5 Å². The number of hydrogen-bond donors (Lipinski definition) is 1. The molecule has 3 rings (SSSR count). The lowest BCUT2D eigenvalue weighted by molar-refractivity contribution is -0.111. The summed E-state index contributed by atoms with van der Waals surface area (Å²) in [7, 11) is 1.59. The first-order chi connectivity index (χ1) is 14.7. The predicted octanol–water partition coefficient (Wildman–Crippen LogP) is 5.32. The second-order valence-corrected chi connectivity index (χ2v) is 6.46. The topological polar surface area (TPSA) is 56.8 Å². The molecule has 0 bridgehead atoms. The van der Waals surface area contributed by atoms with Crippen LogP contribution in [0.15, 0.2) is 78.9 Å². The van der Waals surface area contributed by atoms with Crippen molar-refractivity contribution in [2.24, 2.45) is 0 Å². The Labute approximate surface area is 176 Å². The van der Waals surface area contributed by atoms with Crippen molar-refractivity contribution >= 4 is 17.7 Å². The van der Waals surface area contributed by atoms with Gasteiger partial charge in [-0.05, 0) is 60.5 Å². The van der Waals surface area contributed by atoms with E-state index in [2.05, 4.69) is 5.32 Å². The molecule has 0 spiro atoms. The maximum absolute atomic E-state index is 12.2. The molecule has 0 radical (unpaired) electrons. The lowest BCUT2D eigenvalue weighted by Gasteiger charge is -2.09. The predicted molar refractivity (Wildman–Crippen MR) is 119 cm³/mol. The molecule has 5 nitrogen and oxygen atoms in total. The first-order valence-corrected chi connectivity index (χ1v) is 9.74. The number of rotatable bonds is 9. The highest BCUT2D eigenvalue weighted by atomic mass is 16.5. The van der Waals surface area contributed by atoms with E-state index in [1.54, 1.807) is 13.2 Å². The molecule has 3 aromatic carbocycles. The summed E-state index contributed by atoms with van der Waals surface area (Å²) in [6.45, 7) is 2.98. The minimum Gasteiger partial charge on any atom is -0.493 e. The number of anilines is 1. The number of nitrogens with one attached hydrogen (secondary N) is 1. The zero-order valence-electron chi connectivity index (χ0n) is 17.1. The molecule has 0 saturated carbocycles. The minimum atomic E-state index is -0.221. The molecule has 1 N–H and O–H groups in total. The Balaban J connectivity index is 1.54. The van der Waals surface area contributed by atoms with Crippen LogP contribution in [-0.4, -0.2) is 19.6 Å². The molecule has 1 amide bonds. The van der Waals surface area contributed by atoms with Gasteiger partial charge in [0.25, 0.3) is 0 Å². The molecule has 0 heterocycles. The van der Waals surface area contributed by atoms with Crippen molar-refractivity contribution in [1.29, 1.82) is 0 Å². The average Bonchev–Trinajstić information content (AvgIpc) is 2.79. The first-order valence-electron chi connectivity index (χ1n) is 9.74. The van der Waals surface area contributed by atoms with E-state index in [4.69, 9.17) is 14.2 Å². The maximum atomic E-state index is 12.2. The van der Waals surface area contributed by atoms with Crippen LogP contribution in [0.25, 0.3) is 6.08 Å². The largest absolute Gasteiger partial charge is 0.493 e. The molecule has 0 atom stereocenters. The standard InChI is InChI=1S/C25H25NO4/c1-3-29-23-15-9-19(17-24(23)28-2)10-16-25(27)26-21-11-13-22(14-12-21)30-18-20-7-5-4-6-8-20/h4-17H,3,18H2,1-2H3,(H,26,27). The highest BCUT2D eigenvalue weighted by Gasteiger charge is 2.05. The Bertz CT molecular complexity index is 982. The molecule has 5 heteroatoms. The van der Waals surface area contributed by atoms with Crippen molar-refractivity contribution < 1.29 is 19.0 Å². The highest BCUT2D eigenvalue weighted by Crippen LogP contribution is 2.28. The van der Waals surface area contributed by atoms with E-state index in [-0.39, 0.29) is 5.91 Å². The number of amides is 1. The van der Waals surface area contributed by atoms with Crippen LogP contribution in [0.1, 0.15) is 18.1 Å². The van der Waals surface area contributed by atoms with Gasteiger partial charge in [0.15, 0.2) is 11.5 Å². The molecule has 0 unspecified atom stereocenters. The third kappa shape index (κ3) is 6.14. The smallest absolute Gasteiger partial charge is 0.248 e. The van der Waals surface area contributed by atoms with Crippen molar-refractivity contribution in [2.45, 2.75) is 13.5 Å². The number of benzene rings is 3. The Hall–Kier alpha value is -3.73. The van der Waals surface area contributed by atoms with Crippen molar-refractivity contribution in [2.75, 3.05) is 19.0 Å². The van der Waals surface area contributed by atoms with Crippen molar-refractivity contribution in [3.8, 4) is 17.2 Å². The van der Waals surface area contributed by atoms with Crippen LogP contribution in [0.3, 0.4) is 0 Å². The maximum Gasteiger partial charge on any atom is 0.248 e. The lowest BCUT2D eigenvalue weighted by Crippen LogP contribution is -2.07. The van der Waals surface area contributed by atoms with Crippen LogP contribution >= 0.6 is 0 Å². The summed E-state index contributed by atoms with van der Waals surface area (Å²) >= 11 is 0. The van der Waals surface area contributed by atoms with Gasteiger partial charge in [-0.15, -0.1) is 0 Å². The summed E-state index contributed by atoms with van der Waals surface area (Å²) < 4.78 is 16.6. The summed E-state index contributed by atoms with van der Waals surface area (Å²) in [5.74, 6) is 1.83. The number of carbonyl (C=O) groups excluding carboxylic acids is 1. The van der Waals surface area contributed by atoms with Crippen LogP contribution in [0, 0.1) is 0 Å². The molecule has 0 aliphatic rings. The molecule has 0 saturated heterocycles. The number of hydrogen-bond acceptors (Lipinski definition) is 4. The summed E-state index contributed by atoms with van der Waals surface area (Å²) in [5, 5.41) is 2.84. The van der Waals surface area contributed by atoms with E-state index in [0.717, 1.165) is 16.9 Å². The van der Waals surface area contributed by atoms with E-state index in [1.807, 2.05) is 79.7 Å². The SMILES string of the molecule is CCOc1ccc(C=CC(=O)Nc2ccc(OCc3ccccc3)cc2)cc1OC. The summed E-state index contributed by atoms with van der Waals surface area (Å²) in [6.07, 6.45) is 3.21. The van der Waals surface area contributed by atoms with Gasteiger partial charge in [-0.1, -0.05) is 36.4 Å². The van der Waals surface area contributed by atoms with E-state index >= 15 is 0 Å². The molecule has 3 aromatic rings. The number of ether oxygens (including phenoxy) is 3. The monoisotopic (exact) mass is 403 g/mol. The van der Waals surface area contributed by atoms with Crippen molar-refractivity contribution in [3.63, 3.8) is 0 Å². The van der Waals surface area contributed by atoms with Gasteiger partial charge in [0.1, 0.15) is 12.4 Å². The normalized spacial score (nSPS) is 10.6. The van der Waals surface area contributed by atoms with Crippen molar-refractivity contribution in [1.82, 2.24) is 0 Å². The first kappa shape index (κ1) is 21.0. The van der Waals surface area contributed by atoms with Crippen LogP contribution in [-0.2, 0) is 11.4 Å². The molecule has 0 aromatic heterocycles. The van der Waals surface area contributed by atoms with Crippen LogP contribution in [0.4, 0.5) is 5.69 Å². The number of methoxy groups -OCH3 is 1. The van der Waals surface area contributed by atoms with Crippen molar-refractivity contribution in [3.05, 3.63) is 90.0 Å². The zero-order valence-corrected chi connectivity index (χ0v) is 17.1. The minimum absolute atomic E-state index is 0.221. The van der Waals surface area contributed by atoms with Gasteiger partial charge in [-0.3, -0.25) is 4.79 Å². The van der Waals surface area contributed by atoms with E-state index < -0.39 is 0 Å². The van der Waals surface area contributed by atoms with Gasteiger partial charge in [0, 0.05) is 11.8 Å². The molecule has 0 aliphatic carbocycles. The summed E-state index contributed by atoms with van der Waals surface area (Å²) in [4.78, 5) is 12.2. The van der Waals surface area contributed by atoms with Gasteiger partial charge in [-0.25, -0.2) is 0 Å². The van der Waals surface area contributed by atoms with Gasteiger partial charge in [-0.2, -0.15) is 0 Å². The Morgan fingerprint density at radius 1 is 0.933 bits per heavy atom. The highest BCUT2D eigenvalue weighted by molar-refractivity contribution is 6.01. The molecule has 0 aliphatic heterocycles. The Morgan fingerprint density at radius 3 is 2.40 bits per heavy atom. The fraction of sp³-hybridized carbons (Fsp3) is 0.160. The third-order valence-corrected chi connectivity index (χ3v) is 4.28. The second-order valence-electron chi connectivity index (χ2n) is 6.46. The van der Waals surface area contributed by atoms with Crippen LogP contribution in [0.5, 0.6) is 17.2 Å². The quantitative estimate of drug-likeness (QED) is 0.491. The lowest BCUT2D eigenvalue weighted by atomic mass is 10.2. The molecule has 0 fully saturated rings.